The van der Waals surface area contributed by atoms with Crippen LogP contribution >= 0.6 is 0 Å². The number of benzene rings is 1. The SMILES string of the molecule is CC1CCC(C(C)C)C(OCC(=O)Nc2ccccc2N2CCCC2=O)C1. The number of hydrogen-bond donors (Lipinski definition) is 1. The van der Waals surface area contributed by atoms with Crippen LogP contribution in [0.25, 0.3) is 0 Å². The number of hydrogen-bond acceptors (Lipinski definition) is 3. The molecule has 3 unspecified atom stereocenters. The van der Waals surface area contributed by atoms with Crippen LogP contribution in [0.15, 0.2) is 24.3 Å². The second kappa shape index (κ2) is 8.87. The molecule has 0 spiro atoms. The van der Waals surface area contributed by atoms with Crippen molar-refractivity contribution in [2.75, 3.05) is 23.4 Å². The van der Waals surface area contributed by atoms with Gasteiger partial charge in [-0.15, -0.1) is 0 Å². The first kappa shape index (κ1) is 19.9. The Morgan fingerprint density at radius 1 is 1.30 bits per heavy atom. The van der Waals surface area contributed by atoms with E-state index in [4.69, 9.17) is 4.74 Å². The Kier molecular flexibility index (Phi) is 6.53. The predicted molar refractivity (Wildman–Crippen MR) is 108 cm³/mol. The molecule has 0 radical (unpaired) electrons. The van der Waals surface area contributed by atoms with Gasteiger partial charge < -0.3 is 15.0 Å². The van der Waals surface area contributed by atoms with E-state index in [0.29, 0.717) is 36.4 Å². The number of amides is 2. The maximum absolute atomic E-state index is 12.5. The highest BCUT2D eigenvalue weighted by Gasteiger charge is 2.32. The van der Waals surface area contributed by atoms with Gasteiger partial charge in [-0.1, -0.05) is 39.3 Å². The summed E-state index contributed by atoms with van der Waals surface area (Å²) in [5.74, 6) is 1.68. The third-order valence-electron chi connectivity index (χ3n) is 5.93. The summed E-state index contributed by atoms with van der Waals surface area (Å²) >= 11 is 0. The van der Waals surface area contributed by atoms with Crippen molar-refractivity contribution >= 4 is 23.2 Å². The van der Waals surface area contributed by atoms with Crippen molar-refractivity contribution in [3.8, 4) is 0 Å². The molecule has 0 bridgehead atoms. The lowest BCUT2D eigenvalue weighted by atomic mass is 9.75. The zero-order valence-electron chi connectivity index (χ0n) is 16.7. The highest BCUT2D eigenvalue weighted by Crippen LogP contribution is 2.35. The van der Waals surface area contributed by atoms with Crippen molar-refractivity contribution in [3.05, 3.63) is 24.3 Å². The van der Waals surface area contributed by atoms with E-state index in [-0.39, 0.29) is 24.5 Å². The van der Waals surface area contributed by atoms with Crippen LogP contribution in [0.1, 0.15) is 52.9 Å². The molecule has 1 saturated carbocycles. The smallest absolute Gasteiger partial charge is 0.250 e. The molecule has 5 heteroatoms. The third-order valence-corrected chi connectivity index (χ3v) is 5.93. The zero-order valence-corrected chi connectivity index (χ0v) is 16.7. The number of carbonyl (C=O) groups is 2. The minimum atomic E-state index is -0.158. The van der Waals surface area contributed by atoms with E-state index in [9.17, 15) is 9.59 Å². The van der Waals surface area contributed by atoms with Gasteiger partial charge in [0.05, 0.1) is 17.5 Å². The van der Waals surface area contributed by atoms with Crippen LogP contribution in [0, 0.1) is 17.8 Å². The molecule has 1 heterocycles. The molecule has 3 atom stereocenters. The standard InChI is InChI=1S/C22H32N2O3/c1-15(2)17-11-10-16(3)13-20(17)27-14-21(25)23-18-7-4-5-8-19(18)24-12-6-9-22(24)26/h4-5,7-8,15-17,20H,6,9-14H2,1-3H3,(H,23,25). The fourth-order valence-electron chi connectivity index (χ4n) is 4.39. The summed E-state index contributed by atoms with van der Waals surface area (Å²) in [4.78, 5) is 26.3. The summed E-state index contributed by atoms with van der Waals surface area (Å²) in [5, 5.41) is 2.95. The molecule has 0 aromatic heterocycles. The van der Waals surface area contributed by atoms with Gasteiger partial charge in [-0.05, 0) is 49.1 Å². The van der Waals surface area contributed by atoms with Gasteiger partial charge in [-0.25, -0.2) is 0 Å². The summed E-state index contributed by atoms with van der Waals surface area (Å²) in [5.41, 5.74) is 1.46. The number of nitrogens with zero attached hydrogens (tertiary/aromatic N) is 1. The van der Waals surface area contributed by atoms with E-state index >= 15 is 0 Å². The maximum atomic E-state index is 12.5. The van der Waals surface area contributed by atoms with E-state index < -0.39 is 0 Å². The monoisotopic (exact) mass is 372 g/mol. The quantitative estimate of drug-likeness (QED) is 0.813. The van der Waals surface area contributed by atoms with Gasteiger partial charge in [0, 0.05) is 13.0 Å². The zero-order chi connectivity index (χ0) is 19.4. The average molecular weight is 373 g/mol. The van der Waals surface area contributed by atoms with E-state index in [1.54, 1.807) is 4.90 Å². The van der Waals surface area contributed by atoms with Crippen LogP contribution in [0.5, 0.6) is 0 Å². The van der Waals surface area contributed by atoms with E-state index in [1.165, 1.54) is 12.8 Å². The molecular weight excluding hydrogens is 340 g/mol. The van der Waals surface area contributed by atoms with Crippen molar-refractivity contribution in [1.29, 1.82) is 0 Å². The second-order valence-corrected chi connectivity index (χ2v) is 8.39. The van der Waals surface area contributed by atoms with E-state index in [2.05, 4.69) is 26.1 Å². The first-order valence-electron chi connectivity index (χ1n) is 10.3. The molecule has 1 aromatic rings. The van der Waals surface area contributed by atoms with Crippen LogP contribution in [-0.4, -0.2) is 31.1 Å². The fourth-order valence-corrected chi connectivity index (χ4v) is 4.39. The van der Waals surface area contributed by atoms with Crippen molar-refractivity contribution in [2.45, 2.75) is 59.0 Å². The Bertz CT molecular complexity index is 673. The highest BCUT2D eigenvalue weighted by atomic mass is 16.5. The van der Waals surface area contributed by atoms with Crippen LogP contribution < -0.4 is 10.2 Å². The van der Waals surface area contributed by atoms with Gasteiger partial charge in [0.1, 0.15) is 6.61 Å². The fraction of sp³-hybridized carbons (Fsp3) is 0.636. The number of ether oxygens (including phenoxy) is 1. The summed E-state index contributed by atoms with van der Waals surface area (Å²) in [6.07, 6.45) is 5.02. The minimum Gasteiger partial charge on any atom is -0.368 e. The van der Waals surface area contributed by atoms with Gasteiger partial charge in [0.15, 0.2) is 0 Å². The second-order valence-electron chi connectivity index (χ2n) is 8.39. The lowest BCUT2D eigenvalue weighted by molar-refractivity contribution is -0.126. The molecule has 148 valence electrons. The van der Waals surface area contributed by atoms with E-state index in [1.807, 2.05) is 24.3 Å². The molecule has 2 fully saturated rings. The molecule has 1 saturated heterocycles. The Morgan fingerprint density at radius 3 is 2.78 bits per heavy atom. The molecular formula is C22H32N2O3. The Labute approximate surface area is 162 Å². The topological polar surface area (TPSA) is 58.6 Å². The number of rotatable bonds is 6. The first-order chi connectivity index (χ1) is 13.0. The summed E-state index contributed by atoms with van der Waals surface area (Å²) in [7, 11) is 0. The lowest BCUT2D eigenvalue weighted by Gasteiger charge is -2.37. The number of para-hydroxylation sites is 2. The molecule has 1 aliphatic heterocycles. The minimum absolute atomic E-state index is 0.0584. The lowest BCUT2D eigenvalue weighted by Crippen LogP contribution is -2.36. The highest BCUT2D eigenvalue weighted by molar-refractivity contribution is 6.02. The van der Waals surface area contributed by atoms with Crippen LogP contribution in [-0.2, 0) is 14.3 Å². The molecule has 2 amide bonds. The predicted octanol–water partition coefficient (Wildman–Crippen LogP) is 4.23. The van der Waals surface area contributed by atoms with Crippen LogP contribution in [0.4, 0.5) is 11.4 Å². The van der Waals surface area contributed by atoms with Crippen LogP contribution in [0.2, 0.25) is 0 Å². The van der Waals surface area contributed by atoms with Crippen molar-refractivity contribution < 1.29 is 14.3 Å². The molecule has 5 nitrogen and oxygen atoms in total. The van der Waals surface area contributed by atoms with E-state index in [0.717, 1.165) is 18.5 Å². The summed E-state index contributed by atoms with van der Waals surface area (Å²) in [6, 6.07) is 7.50. The number of anilines is 2. The first-order valence-corrected chi connectivity index (χ1v) is 10.3. The largest absolute Gasteiger partial charge is 0.368 e. The average Bonchev–Trinajstić information content (AvgIpc) is 3.06. The molecule has 3 rings (SSSR count). The van der Waals surface area contributed by atoms with Gasteiger partial charge in [0.2, 0.25) is 11.8 Å². The summed E-state index contributed by atoms with van der Waals surface area (Å²) < 4.78 is 6.06. The molecule has 1 aromatic carbocycles. The van der Waals surface area contributed by atoms with Gasteiger partial charge >= 0.3 is 0 Å². The molecule has 1 N–H and O–H groups in total. The summed E-state index contributed by atoms with van der Waals surface area (Å²) in [6.45, 7) is 7.50. The van der Waals surface area contributed by atoms with Gasteiger partial charge in [0.25, 0.3) is 0 Å². The molecule has 27 heavy (non-hydrogen) atoms. The Hall–Kier alpha value is -1.88. The normalized spacial score (nSPS) is 25.9. The number of nitrogens with one attached hydrogen (secondary N) is 1. The van der Waals surface area contributed by atoms with Crippen molar-refractivity contribution in [1.82, 2.24) is 0 Å². The third kappa shape index (κ3) is 4.89. The molecule has 2 aliphatic rings. The Morgan fingerprint density at radius 2 is 2.07 bits per heavy atom. The van der Waals surface area contributed by atoms with Gasteiger partial charge in [-0.3, -0.25) is 9.59 Å². The Balaban J connectivity index is 1.60. The number of carbonyl (C=O) groups excluding carboxylic acids is 2. The maximum Gasteiger partial charge on any atom is 0.250 e. The van der Waals surface area contributed by atoms with Crippen molar-refractivity contribution in [2.24, 2.45) is 17.8 Å². The van der Waals surface area contributed by atoms with Crippen molar-refractivity contribution in [3.63, 3.8) is 0 Å². The van der Waals surface area contributed by atoms with Crippen LogP contribution in [0.3, 0.4) is 0 Å². The van der Waals surface area contributed by atoms with Gasteiger partial charge in [-0.2, -0.15) is 0 Å². The molecule has 1 aliphatic carbocycles.